The Kier molecular flexibility index (Phi) is 4.74. The molecule has 0 atom stereocenters. The largest absolute Gasteiger partial charge is 0.484 e. The molecule has 0 aliphatic rings. The van der Waals surface area contributed by atoms with Crippen LogP contribution in [-0.4, -0.2) is 12.5 Å². The van der Waals surface area contributed by atoms with Crippen LogP contribution in [0.5, 0.6) is 5.75 Å². The van der Waals surface area contributed by atoms with Gasteiger partial charge in [-0.25, -0.2) is 0 Å². The standard InChI is InChI=1S/C19H17NO2S/c1-14-8-10-15(11-9-14)22-13-19(21)20-17-6-3-2-5-16(17)18-7-4-12-23-18/h2-12H,13H2,1H3,(H,20,21). The predicted molar refractivity (Wildman–Crippen MR) is 95.1 cm³/mol. The highest BCUT2D eigenvalue weighted by Crippen LogP contribution is 2.31. The van der Waals surface area contributed by atoms with Gasteiger partial charge in [0.25, 0.3) is 5.91 Å². The maximum absolute atomic E-state index is 12.1. The number of aryl methyl sites for hydroxylation is 1. The van der Waals surface area contributed by atoms with Crippen LogP contribution in [0, 0.1) is 6.92 Å². The summed E-state index contributed by atoms with van der Waals surface area (Å²) in [7, 11) is 0. The topological polar surface area (TPSA) is 38.3 Å². The van der Waals surface area contributed by atoms with Crippen molar-refractivity contribution in [2.45, 2.75) is 6.92 Å². The minimum absolute atomic E-state index is 0.0121. The molecule has 1 N–H and O–H groups in total. The van der Waals surface area contributed by atoms with Gasteiger partial charge < -0.3 is 10.1 Å². The maximum Gasteiger partial charge on any atom is 0.262 e. The van der Waals surface area contributed by atoms with Gasteiger partial charge >= 0.3 is 0 Å². The zero-order valence-corrected chi connectivity index (χ0v) is 13.6. The molecule has 1 heterocycles. The van der Waals surface area contributed by atoms with Gasteiger partial charge in [-0.2, -0.15) is 0 Å². The summed E-state index contributed by atoms with van der Waals surface area (Å²) in [5.74, 6) is 0.520. The normalized spacial score (nSPS) is 10.3. The molecule has 3 nitrogen and oxygen atoms in total. The van der Waals surface area contributed by atoms with Gasteiger partial charge in [-0.15, -0.1) is 11.3 Å². The molecular weight excluding hydrogens is 306 g/mol. The number of amides is 1. The molecule has 0 spiro atoms. The van der Waals surface area contributed by atoms with Crippen molar-refractivity contribution >= 4 is 22.9 Å². The quantitative estimate of drug-likeness (QED) is 0.736. The number of hydrogen-bond acceptors (Lipinski definition) is 3. The molecule has 4 heteroatoms. The van der Waals surface area contributed by atoms with E-state index in [1.165, 1.54) is 0 Å². The summed E-state index contributed by atoms with van der Waals surface area (Å²) in [6.07, 6.45) is 0. The predicted octanol–water partition coefficient (Wildman–Crippen LogP) is 4.74. The fourth-order valence-corrected chi connectivity index (χ4v) is 2.97. The lowest BCUT2D eigenvalue weighted by Crippen LogP contribution is -2.20. The summed E-state index contributed by atoms with van der Waals surface area (Å²) in [5.41, 5.74) is 2.98. The van der Waals surface area contributed by atoms with Gasteiger partial charge in [0.2, 0.25) is 0 Å². The van der Waals surface area contributed by atoms with E-state index < -0.39 is 0 Å². The third-order valence-corrected chi connectivity index (χ3v) is 4.28. The number of para-hydroxylation sites is 1. The Morgan fingerprint density at radius 3 is 2.57 bits per heavy atom. The first-order valence-electron chi connectivity index (χ1n) is 7.34. The molecule has 1 amide bonds. The Morgan fingerprint density at radius 2 is 1.83 bits per heavy atom. The van der Waals surface area contributed by atoms with E-state index in [4.69, 9.17) is 4.74 Å². The molecule has 0 saturated heterocycles. The third kappa shape index (κ3) is 3.99. The summed E-state index contributed by atoms with van der Waals surface area (Å²) in [5, 5.41) is 4.95. The van der Waals surface area contributed by atoms with Crippen molar-refractivity contribution in [1.82, 2.24) is 0 Å². The van der Waals surface area contributed by atoms with Crippen LogP contribution in [0.1, 0.15) is 5.56 Å². The van der Waals surface area contributed by atoms with Crippen LogP contribution in [0.4, 0.5) is 5.69 Å². The molecule has 3 rings (SSSR count). The van der Waals surface area contributed by atoms with Crippen LogP contribution in [0.15, 0.2) is 66.0 Å². The molecule has 2 aromatic carbocycles. The highest BCUT2D eigenvalue weighted by Gasteiger charge is 2.09. The molecule has 1 aromatic heterocycles. The van der Waals surface area contributed by atoms with E-state index in [0.717, 1.165) is 21.7 Å². The van der Waals surface area contributed by atoms with Crippen molar-refractivity contribution in [3.63, 3.8) is 0 Å². The van der Waals surface area contributed by atoms with E-state index in [1.54, 1.807) is 11.3 Å². The van der Waals surface area contributed by atoms with E-state index in [9.17, 15) is 4.79 Å². The van der Waals surface area contributed by atoms with E-state index in [2.05, 4.69) is 5.32 Å². The number of ether oxygens (including phenoxy) is 1. The number of benzene rings is 2. The summed E-state index contributed by atoms with van der Waals surface area (Å²) < 4.78 is 5.52. The molecule has 116 valence electrons. The van der Waals surface area contributed by atoms with Crippen LogP contribution in [0.2, 0.25) is 0 Å². The van der Waals surface area contributed by atoms with Crippen molar-refractivity contribution in [1.29, 1.82) is 0 Å². The first-order valence-corrected chi connectivity index (χ1v) is 8.22. The Morgan fingerprint density at radius 1 is 1.04 bits per heavy atom. The summed E-state index contributed by atoms with van der Waals surface area (Å²) in [6, 6.07) is 19.5. The number of carbonyl (C=O) groups is 1. The smallest absolute Gasteiger partial charge is 0.262 e. The molecule has 0 radical (unpaired) electrons. The van der Waals surface area contributed by atoms with Gasteiger partial charge in [-0.3, -0.25) is 4.79 Å². The second kappa shape index (κ2) is 7.11. The van der Waals surface area contributed by atoms with Crippen molar-refractivity contribution in [3.8, 4) is 16.2 Å². The first kappa shape index (κ1) is 15.3. The molecule has 0 saturated carbocycles. The average Bonchev–Trinajstić information content (AvgIpc) is 3.09. The zero-order valence-electron chi connectivity index (χ0n) is 12.8. The Labute approximate surface area is 139 Å². The zero-order chi connectivity index (χ0) is 16.1. The molecule has 0 fully saturated rings. The average molecular weight is 323 g/mol. The minimum Gasteiger partial charge on any atom is -0.484 e. The van der Waals surface area contributed by atoms with Crippen LogP contribution in [-0.2, 0) is 4.79 Å². The van der Waals surface area contributed by atoms with Gasteiger partial charge in [0.15, 0.2) is 6.61 Å². The molecule has 3 aromatic rings. The van der Waals surface area contributed by atoms with E-state index >= 15 is 0 Å². The van der Waals surface area contributed by atoms with Crippen molar-refractivity contribution < 1.29 is 9.53 Å². The number of anilines is 1. The van der Waals surface area contributed by atoms with Crippen molar-refractivity contribution in [2.75, 3.05) is 11.9 Å². The summed E-state index contributed by atoms with van der Waals surface area (Å²) >= 11 is 1.65. The second-order valence-corrected chi connectivity index (χ2v) is 6.12. The monoisotopic (exact) mass is 323 g/mol. The van der Waals surface area contributed by atoms with Gasteiger partial charge in [0.05, 0.1) is 0 Å². The minimum atomic E-state index is -0.172. The third-order valence-electron chi connectivity index (χ3n) is 3.38. The van der Waals surface area contributed by atoms with Crippen LogP contribution in [0.25, 0.3) is 10.4 Å². The van der Waals surface area contributed by atoms with Crippen LogP contribution >= 0.6 is 11.3 Å². The van der Waals surface area contributed by atoms with Crippen molar-refractivity contribution in [2.24, 2.45) is 0 Å². The number of hydrogen-bond donors (Lipinski definition) is 1. The number of nitrogens with one attached hydrogen (secondary N) is 1. The van der Waals surface area contributed by atoms with E-state index in [0.29, 0.717) is 5.75 Å². The van der Waals surface area contributed by atoms with Gasteiger partial charge in [-0.05, 0) is 36.6 Å². The second-order valence-electron chi connectivity index (χ2n) is 5.17. The molecule has 0 aliphatic heterocycles. The highest BCUT2D eigenvalue weighted by molar-refractivity contribution is 7.13. The van der Waals surface area contributed by atoms with Gasteiger partial charge in [0.1, 0.15) is 5.75 Å². The first-order chi connectivity index (χ1) is 11.2. The fourth-order valence-electron chi connectivity index (χ4n) is 2.21. The number of rotatable bonds is 5. The lowest BCUT2D eigenvalue weighted by atomic mass is 10.1. The molecule has 23 heavy (non-hydrogen) atoms. The van der Waals surface area contributed by atoms with Gasteiger partial charge in [0, 0.05) is 16.1 Å². The SMILES string of the molecule is Cc1ccc(OCC(=O)Nc2ccccc2-c2cccs2)cc1. The molecular formula is C19H17NO2S. The van der Waals surface area contributed by atoms with Gasteiger partial charge in [-0.1, -0.05) is 42.0 Å². The Bertz CT molecular complexity index is 779. The van der Waals surface area contributed by atoms with Crippen LogP contribution < -0.4 is 10.1 Å². The van der Waals surface area contributed by atoms with E-state index in [1.807, 2.05) is 73.0 Å². The summed E-state index contributed by atoms with van der Waals surface area (Å²) in [6.45, 7) is 2.00. The lowest BCUT2D eigenvalue weighted by Gasteiger charge is -2.11. The fraction of sp³-hybridized carbons (Fsp3) is 0.105. The Balaban J connectivity index is 1.65. The van der Waals surface area contributed by atoms with E-state index in [-0.39, 0.29) is 12.5 Å². The number of thiophene rings is 1. The number of carbonyl (C=O) groups excluding carboxylic acids is 1. The highest BCUT2D eigenvalue weighted by atomic mass is 32.1. The van der Waals surface area contributed by atoms with Crippen molar-refractivity contribution in [3.05, 3.63) is 71.6 Å². The lowest BCUT2D eigenvalue weighted by molar-refractivity contribution is -0.118. The Hall–Kier alpha value is -2.59. The maximum atomic E-state index is 12.1. The molecule has 0 unspecified atom stereocenters. The molecule has 0 aliphatic carbocycles. The molecule has 0 bridgehead atoms. The van der Waals surface area contributed by atoms with Crippen LogP contribution in [0.3, 0.4) is 0 Å². The summed E-state index contributed by atoms with van der Waals surface area (Å²) in [4.78, 5) is 13.3.